The smallest absolute Gasteiger partial charge is 0.145 e. The lowest BCUT2D eigenvalue weighted by atomic mass is 10.1. The second-order valence-corrected chi connectivity index (χ2v) is 10.2. The molecule has 0 aliphatic heterocycles. The van der Waals surface area contributed by atoms with E-state index in [1.165, 1.54) is 43.8 Å². The van der Waals surface area contributed by atoms with Crippen molar-refractivity contribution in [2.24, 2.45) is 0 Å². The maximum absolute atomic E-state index is 6.33. The van der Waals surface area contributed by atoms with E-state index in [2.05, 4.69) is 89.6 Å². The number of benzene rings is 6. The minimum atomic E-state index is 0.761. The van der Waals surface area contributed by atoms with E-state index < -0.39 is 0 Å². The van der Waals surface area contributed by atoms with Crippen molar-refractivity contribution in [1.82, 2.24) is 4.57 Å². The number of nitrogens with two attached hydrogens (primary N) is 1. The molecule has 0 saturated heterocycles. The summed E-state index contributed by atoms with van der Waals surface area (Å²) in [5.74, 6) is 0. The minimum Gasteiger partial charge on any atom is -0.455 e. The van der Waals surface area contributed by atoms with Crippen LogP contribution >= 0.6 is 0 Å². The first-order chi connectivity index (χ1) is 20.2. The Labute approximate surface area is 238 Å². The molecule has 4 heteroatoms. The van der Waals surface area contributed by atoms with E-state index in [1.807, 2.05) is 66.7 Å². The predicted octanol–water partition coefficient (Wildman–Crippen LogP) is 10.0. The molecule has 0 amide bonds. The van der Waals surface area contributed by atoms with Gasteiger partial charge in [0.05, 0.1) is 27.8 Å². The highest BCUT2D eigenvalue weighted by Crippen LogP contribution is 2.40. The van der Waals surface area contributed by atoms with Crippen molar-refractivity contribution in [2.45, 2.75) is 6.92 Å². The van der Waals surface area contributed by atoms with Crippen molar-refractivity contribution < 1.29 is 4.42 Å². The third kappa shape index (κ3) is 4.46. The molecule has 0 saturated carbocycles. The largest absolute Gasteiger partial charge is 0.455 e. The van der Waals surface area contributed by atoms with Gasteiger partial charge in [0.2, 0.25) is 0 Å². The van der Waals surface area contributed by atoms with Crippen LogP contribution in [0.15, 0.2) is 144 Å². The normalized spacial score (nSPS) is 11.1. The Morgan fingerprint density at radius 3 is 2.07 bits per heavy atom. The molecule has 3 N–H and O–H groups in total. The maximum atomic E-state index is 6.33. The van der Waals surface area contributed by atoms with Crippen LogP contribution in [0.25, 0.3) is 49.4 Å². The molecular weight excluding hydrogens is 502 g/mol. The quantitative estimate of drug-likeness (QED) is 0.223. The van der Waals surface area contributed by atoms with Crippen molar-refractivity contribution in [1.29, 1.82) is 0 Å². The topological polar surface area (TPSA) is 56.1 Å². The van der Waals surface area contributed by atoms with Crippen LogP contribution in [-0.2, 0) is 0 Å². The van der Waals surface area contributed by atoms with Crippen molar-refractivity contribution in [3.8, 4) is 5.69 Å². The molecule has 4 nitrogen and oxygen atoms in total. The first-order valence-corrected chi connectivity index (χ1v) is 13.7. The van der Waals surface area contributed by atoms with Gasteiger partial charge in [0, 0.05) is 27.5 Å². The second-order valence-electron chi connectivity index (χ2n) is 10.2. The molecular formula is C37H29N3O. The zero-order chi connectivity index (χ0) is 27.8. The number of aryl methyl sites for hydroxylation is 1. The molecule has 2 heterocycles. The fourth-order valence-corrected chi connectivity index (χ4v) is 5.49. The Morgan fingerprint density at radius 2 is 1.27 bits per heavy atom. The lowest BCUT2D eigenvalue weighted by molar-refractivity contribution is 0.673. The van der Waals surface area contributed by atoms with Gasteiger partial charge in [-0.1, -0.05) is 84.4 Å². The number of rotatable bonds is 3. The zero-order valence-electron chi connectivity index (χ0n) is 22.7. The van der Waals surface area contributed by atoms with Crippen LogP contribution in [0, 0.1) is 6.92 Å². The number of fused-ring (bicyclic) bond motifs is 7. The molecule has 0 fully saturated rings. The van der Waals surface area contributed by atoms with Gasteiger partial charge in [0.1, 0.15) is 11.2 Å². The number of anilines is 3. The molecule has 198 valence electrons. The van der Waals surface area contributed by atoms with Gasteiger partial charge in [-0.15, -0.1) is 0 Å². The second kappa shape index (κ2) is 10.2. The molecule has 0 bridgehead atoms. The third-order valence-electron chi connectivity index (χ3n) is 7.49. The van der Waals surface area contributed by atoms with Gasteiger partial charge in [-0.05, 0) is 67.6 Å². The summed E-state index contributed by atoms with van der Waals surface area (Å²) < 4.78 is 8.66. The van der Waals surface area contributed by atoms with E-state index in [1.54, 1.807) is 0 Å². The van der Waals surface area contributed by atoms with Gasteiger partial charge in [0.25, 0.3) is 0 Å². The molecule has 0 aliphatic carbocycles. The van der Waals surface area contributed by atoms with E-state index in [9.17, 15) is 0 Å². The monoisotopic (exact) mass is 531 g/mol. The molecule has 0 radical (unpaired) electrons. The highest BCUT2D eigenvalue weighted by Gasteiger charge is 2.18. The lowest BCUT2D eigenvalue weighted by Crippen LogP contribution is -1.94. The van der Waals surface area contributed by atoms with Crippen molar-refractivity contribution in [3.63, 3.8) is 0 Å². The standard InChI is InChI=1S/C25H17NO.C12H12N2/c1-16-10-12-17(13-11-16)26-21-8-4-2-7-20(21)24-22(26)15-14-19-18-6-3-5-9-23(18)27-25(19)24;13-11-8-4-5-9-12(11)14-10-6-2-1-3-7-10/h2-15H,1H3;1-9,14H,13H2. The molecule has 0 spiro atoms. The Bertz CT molecular complexity index is 2140. The fraction of sp³-hybridized carbons (Fsp3) is 0.0270. The zero-order valence-corrected chi connectivity index (χ0v) is 22.7. The van der Waals surface area contributed by atoms with Gasteiger partial charge >= 0.3 is 0 Å². The van der Waals surface area contributed by atoms with E-state index in [-0.39, 0.29) is 0 Å². The lowest BCUT2D eigenvalue weighted by Gasteiger charge is -2.08. The Kier molecular flexibility index (Phi) is 6.14. The fourth-order valence-electron chi connectivity index (χ4n) is 5.49. The van der Waals surface area contributed by atoms with Crippen LogP contribution in [0.3, 0.4) is 0 Å². The summed E-state index contributed by atoms with van der Waals surface area (Å²) >= 11 is 0. The molecule has 6 aromatic carbocycles. The first-order valence-electron chi connectivity index (χ1n) is 13.7. The number of nitrogens with zero attached hydrogens (tertiary/aromatic N) is 1. The molecule has 8 aromatic rings. The van der Waals surface area contributed by atoms with Crippen LogP contribution < -0.4 is 11.1 Å². The molecule has 0 aliphatic rings. The summed E-state index contributed by atoms with van der Waals surface area (Å²) in [6.45, 7) is 2.12. The van der Waals surface area contributed by atoms with Crippen molar-refractivity contribution in [2.75, 3.05) is 11.1 Å². The Balaban J connectivity index is 0.000000167. The van der Waals surface area contributed by atoms with Crippen molar-refractivity contribution >= 4 is 60.8 Å². The number of furan rings is 1. The van der Waals surface area contributed by atoms with E-state index >= 15 is 0 Å². The van der Waals surface area contributed by atoms with Crippen LogP contribution in [0.4, 0.5) is 17.1 Å². The maximum Gasteiger partial charge on any atom is 0.145 e. The van der Waals surface area contributed by atoms with E-state index in [4.69, 9.17) is 10.2 Å². The van der Waals surface area contributed by atoms with Gasteiger partial charge in [-0.3, -0.25) is 0 Å². The van der Waals surface area contributed by atoms with E-state index in [0.29, 0.717) is 0 Å². The van der Waals surface area contributed by atoms with Crippen LogP contribution in [0.1, 0.15) is 5.56 Å². The molecule has 0 atom stereocenters. The summed E-state index contributed by atoms with van der Waals surface area (Å²) in [6.07, 6.45) is 0. The summed E-state index contributed by atoms with van der Waals surface area (Å²) in [5.41, 5.74) is 15.3. The van der Waals surface area contributed by atoms with Crippen molar-refractivity contribution in [3.05, 3.63) is 145 Å². The number of hydrogen-bond acceptors (Lipinski definition) is 3. The van der Waals surface area contributed by atoms with Gasteiger partial charge in [0.15, 0.2) is 0 Å². The number of para-hydroxylation sites is 5. The summed E-state index contributed by atoms with van der Waals surface area (Å²) in [4.78, 5) is 0. The number of nitrogens with one attached hydrogen (secondary N) is 1. The highest BCUT2D eigenvalue weighted by atomic mass is 16.3. The number of hydrogen-bond donors (Lipinski definition) is 2. The average molecular weight is 532 g/mol. The third-order valence-corrected chi connectivity index (χ3v) is 7.49. The molecule has 2 aromatic heterocycles. The number of aromatic nitrogens is 1. The first kappa shape index (κ1) is 24.6. The highest BCUT2D eigenvalue weighted by molar-refractivity contribution is 6.23. The van der Waals surface area contributed by atoms with Crippen LogP contribution in [0.2, 0.25) is 0 Å². The van der Waals surface area contributed by atoms with Gasteiger partial charge in [-0.2, -0.15) is 0 Å². The van der Waals surface area contributed by atoms with E-state index in [0.717, 1.165) is 28.2 Å². The predicted molar refractivity (Wildman–Crippen MR) is 173 cm³/mol. The SMILES string of the molecule is Cc1ccc(-n2c3ccccc3c3c4oc5ccccc5c4ccc32)cc1.Nc1ccccc1Nc1ccccc1. The van der Waals surface area contributed by atoms with Crippen LogP contribution in [0.5, 0.6) is 0 Å². The average Bonchev–Trinajstić information content (AvgIpc) is 3.56. The number of nitrogen functional groups attached to an aromatic ring is 1. The molecule has 0 unspecified atom stereocenters. The Morgan fingerprint density at radius 1 is 0.585 bits per heavy atom. The van der Waals surface area contributed by atoms with Gasteiger partial charge in [-0.25, -0.2) is 0 Å². The Hall–Kier alpha value is -5.48. The minimum absolute atomic E-state index is 0.761. The summed E-state index contributed by atoms with van der Waals surface area (Å²) in [7, 11) is 0. The molecule has 8 rings (SSSR count). The van der Waals surface area contributed by atoms with Crippen LogP contribution in [-0.4, -0.2) is 4.57 Å². The van der Waals surface area contributed by atoms with Gasteiger partial charge < -0.3 is 20.0 Å². The summed E-state index contributed by atoms with van der Waals surface area (Å²) in [6, 6.07) is 47.6. The summed E-state index contributed by atoms with van der Waals surface area (Å²) in [5, 5.41) is 7.99. The molecule has 41 heavy (non-hydrogen) atoms.